The summed E-state index contributed by atoms with van der Waals surface area (Å²) in [6, 6.07) is 6.39. The summed E-state index contributed by atoms with van der Waals surface area (Å²) in [7, 11) is 1.95. The molecule has 5 nitrogen and oxygen atoms in total. The van der Waals surface area contributed by atoms with E-state index in [0.29, 0.717) is 12.5 Å². The Balaban J connectivity index is 1.33. The average Bonchev–Trinajstić information content (AvgIpc) is 3.32. The number of hydrogen-bond donors (Lipinski definition) is 0. The van der Waals surface area contributed by atoms with E-state index < -0.39 is 0 Å². The largest absolute Gasteiger partial charge is 0.381 e. The van der Waals surface area contributed by atoms with Crippen LogP contribution in [-0.2, 0) is 9.53 Å². The Morgan fingerprint density at radius 1 is 1.35 bits per heavy atom. The first-order chi connectivity index (χ1) is 12.6. The fourth-order valence-corrected chi connectivity index (χ4v) is 5.13. The number of fused-ring (bicyclic) bond motifs is 1. The minimum absolute atomic E-state index is 0.0751. The molecular formula is C20H27N3O2S. The summed E-state index contributed by atoms with van der Waals surface area (Å²) >= 11 is 1.79. The van der Waals surface area contributed by atoms with Crippen molar-refractivity contribution in [3.63, 3.8) is 0 Å². The minimum Gasteiger partial charge on any atom is -0.381 e. The lowest BCUT2D eigenvalue weighted by Crippen LogP contribution is -2.41. The first kappa shape index (κ1) is 17.7. The Kier molecular flexibility index (Phi) is 5.14. The van der Waals surface area contributed by atoms with Gasteiger partial charge in [-0.1, -0.05) is 23.5 Å². The molecule has 26 heavy (non-hydrogen) atoms. The van der Waals surface area contributed by atoms with Crippen molar-refractivity contribution in [3.8, 4) is 0 Å². The van der Waals surface area contributed by atoms with E-state index in [1.807, 2.05) is 11.9 Å². The minimum atomic E-state index is 0.0751. The van der Waals surface area contributed by atoms with Crippen molar-refractivity contribution in [1.29, 1.82) is 0 Å². The van der Waals surface area contributed by atoms with Crippen LogP contribution < -0.4 is 4.90 Å². The lowest BCUT2D eigenvalue weighted by molar-refractivity contribution is -0.134. The van der Waals surface area contributed by atoms with Gasteiger partial charge in [0.05, 0.1) is 22.7 Å². The highest BCUT2D eigenvalue weighted by molar-refractivity contribution is 7.22. The number of hydrogen-bond acceptors (Lipinski definition) is 5. The van der Waals surface area contributed by atoms with E-state index in [1.54, 1.807) is 11.3 Å². The van der Waals surface area contributed by atoms with E-state index in [2.05, 4.69) is 30.0 Å². The van der Waals surface area contributed by atoms with Crippen LogP contribution in [0.15, 0.2) is 18.2 Å². The number of piperidine rings is 1. The summed E-state index contributed by atoms with van der Waals surface area (Å²) in [6.45, 7) is 6.36. The van der Waals surface area contributed by atoms with Crippen LogP contribution in [0.2, 0.25) is 0 Å². The number of para-hydroxylation sites is 1. The van der Waals surface area contributed by atoms with Crippen LogP contribution in [0.4, 0.5) is 5.13 Å². The third-order valence-corrected chi connectivity index (χ3v) is 6.76. The molecule has 0 radical (unpaired) electrons. The molecule has 1 aromatic carbocycles. The third-order valence-electron chi connectivity index (χ3n) is 5.68. The van der Waals surface area contributed by atoms with Gasteiger partial charge in [0.15, 0.2) is 5.13 Å². The van der Waals surface area contributed by atoms with Crippen LogP contribution in [0, 0.1) is 18.8 Å². The van der Waals surface area contributed by atoms with E-state index in [1.165, 1.54) is 10.3 Å². The number of carbonyl (C=O) groups excluding carboxylic acids is 1. The highest BCUT2D eigenvalue weighted by Crippen LogP contribution is 2.33. The zero-order chi connectivity index (χ0) is 18.1. The molecule has 2 aliphatic rings. The van der Waals surface area contributed by atoms with Crippen molar-refractivity contribution in [2.24, 2.45) is 11.8 Å². The Hall–Kier alpha value is -1.66. The van der Waals surface area contributed by atoms with Gasteiger partial charge in [-0.2, -0.15) is 0 Å². The maximum Gasteiger partial charge on any atom is 0.227 e. The number of nitrogens with zero attached hydrogens (tertiary/aromatic N) is 3. The van der Waals surface area contributed by atoms with E-state index in [9.17, 15) is 4.79 Å². The number of aryl methyl sites for hydroxylation is 1. The normalized spacial score (nSPS) is 21.5. The van der Waals surface area contributed by atoms with Crippen molar-refractivity contribution in [2.45, 2.75) is 26.2 Å². The van der Waals surface area contributed by atoms with Gasteiger partial charge in [0.1, 0.15) is 0 Å². The van der Waals surface area contributed by atoms with Gasteiger partial charge >= 0.3 is 0 Å². The number of ether oxygens (including phenoxy) is 1. The smallest absolute Gasteiger partial charge is 0.227 e. The lowest BCUT2D eigenvalue weighted by atomic mass is 9.96. The molecule has 0 N–H and O–H groups in total. The molecule has 1 aromatic heterocycles. The molecule has 2 saturated heterocycles. The number of rotatable bonds is 4. The van der Waals surface area contributed by atoms with Gasteiger partial charge < -0.3 is 14.5 Å². The maximum atomic E-state index is 12.5. The van der Waals surface area contributed by atoms with E-state index in [-0.39, 0.29) is 11.8 Å². The molecule has 0 bridgehead atoms. The second-order valence-electron chi connectivity index (χ2n) is 7.63. The first-order valence-corrected chi connectivity index (χ1v) is 10.4. The quantitative estimate of drug-likeness (QED) is 0.825. The predicted molar refractivity (Wildman–Crippen MR) is 106 cm³/mol. The fraction of sp³-hybridized carbons (Fsp3) is 0.600. The summed E-state index contributed by atoms with van der Waals surface area (Å²) < 4.78 is 6.62. The van der Waals surface area contributed by atoms with Gasteiger partial charge in [-0.3, -0.25) is 4.79 Å². The Morgan fingerprint density at radius 3 is 2.85 bits per heavy atom. The lowest BCUT2D eigenvalue weighted by Gasteiger charge is -2.34. The van der Waals surface area contributed by atoms with E-state index in [4.69, 9.17) is 9.72 Å². The molecule has 140 valence electrons. The number of anilines is 1. The molecular weight excluding hydrogens is 346 g/mol. The number of thiazole rings is 1. The molecule has 1 unspecified atom stereocenters. The summed E-state index contributed by atoms with van der Waals surface area (Å²) in [6.07, 6.45) is 3.11. The molecule has 2 aliphatic heterocycles. The maximum absolute atomic E-state index is 12.5. The molecule has 4 rings (SSSR count). The second kappa shape index (κ2) is 7.53. The van der Waals surface area contributed by atoms with Crippen LogP contribution in [0.1, 0.15) is 24.8 Å². The van der Waals surface area contributed by atoms with Gasteiger partial charge in [0, 0.05) is 33.3 Å². The van der Waals surface area contributed by atoms with Crippen molar-refractivity contribution in [3.05, 3.63) is 23.8 Å². The van der Waals surface area contributed by atoms with Crippen molar-refractivity contribution in [2.75, 3.05) is 44.8 Å². The van der Waals surface area contributed by atoms with Gasteiger partial charge in [-0.05, 0) is 43.7 Å². The molecule has 0 spiro atoms. The van der Waals surface area contributed by atoms with E-state index in [0.717, 1.165) is 56.2 Å². The molecule has 6 heteroatoms. The summed E-state index contributed by atoms with van der Waals surface area (Å²) in [5, 5.41) is 1.14. The average molecular weight is 374 g/mol. The van der Waals surface area contributed by atoms with Crippen LogP contribution in [-0.4, -0.2) is 55.7 Å². The highest BCUT2D eigenvalue weighted by Gasteiger charge is 2.29. The monoisotopic (exact) mass is 373 g/mol. The van der Waals surface area contributed by atoms with Crippen LogP contribution in [0.3, 0.4) is 0 Å². The second-order valence-corrected chi connectivity index (χ2v) is 8.64. The number of carbonyl (C=O) groups is 1. The zero-order valence-electron chi connectivity index (χ0n) is 15.6. The number of amides is 1. The van der Waals surface area contributed by atoms with Gasteiger partial charge in [-0.15, -0.1) is 0 Å². The first-order valence-electron chi connectivity index (χ1n) is 9.55. The van der Waals surface area contributed by atoms with Crippen molar-refractivity contribution in [1.82, 2.24) is 9.88 Å². The van der Waals surface area contributed by atoms with Crippen LogP contribution >= 0.6 is 11.3 Å². The summed E-state index contributed by atoms with van der Waals surface area (Å²) in [5.74, 6) is 0.913. The standard InChI is InChI=1S/C20H27N3O2S/c1-14-4-3-5-17-18(14)21-20(26-17)23-9-6-15(7-10-23)12-22(2)19(24)16-8-11-25-13-16/h3-5,15-16H,6-13H2,1-2H3. The molecule has 0 aliphatic carbocycles. The Morgan fingerprint density at radius 2 is 2.15 bits per heavy atom. The SMILES string of the molecule is Cc1cccc2sc(N3CCC(CN(C)C(=O)C4CCOC4)CC3)nc12. The Bertz CT molecular complexity index is 776. The van der Waals surface area contributed by atoms with Crippen molar-refractivity contribution >= 4 is 32.6 Å². The molecule has 0 saturated carbocycles. The number of aromatic nitrogens is 1. The topological polar surface area (TPSA) is 45.7 Å². The summed E-state index contributed by atoms with van der Waals surface area (Å²) in [5.41, 5.74) is 2.38. The van der Waals surface area contributed by atoms with Gasteiger partial charge in [0.25, 0.3) is 0 Å². The molecule has 2 fully saturated rings. The molecule has 1 amide bonds. The third kappa shape index (κ3) is 3.58. The van der Waals surface area contributed by atoms with Crippen LogP contribution in [0.25, 0.3) is 10.2 Å². The van der Waals surface area contributed by atoms with Gasteiger partial charge in [-0.25, -0.2) is 4.98 Å². The van der Waals surface area contributed by atoms with E-state index >= 15 is 0 Å². The van der Waals surface area contributed by atoms with Crippen LogP contribution in [0.5, 0.6) is 0 Å². The zero-order valence-corrected chi connectivity index (χ0v) is 16.4. The predicted octanol–water partition coefficient (Wildman–Crippen LogP) is 3.32. The molecule has 2 aromatic rings. The molecule has 3 heterocycles. The summed E-state index contributed by atoms with van der Waals surface area (Å²) in [4.78, 5) is 21.7. The van der Waals surface area contributed by atoms with Crippen molar-refractivity contribution < 1.29 is 9.53 Å². The fourth-order valence-electron chi connectivity index (χ4n) is 4.03. The number of benzene rings is 1. The molecule has 1 atom stereocenters. The highest BCUT2D eigenvalue weighted by atomic mass is 32.1. The van der Waals surface area contributed by atoms with Gasteiger partial charge in [0.2, 0.25) is 5.91 Å². The Labute approximate surface area is 159 Å².